The molecule has 0 spiro atoms. The lowest BCUT2D eigenvalue weighted by molar-refractivity contribution is 0.0850. The maximum absolute atomic E-state index is 12.9. The number of ether oxygens (including phenoxy) is 1. The minimum atomic E-state index is -0.387. The third-order valence-electron chi connectivity index (χ3n) is 3.19. The average Bonchev–Trinajstić information content (AvgIpc) is 2.38. The zero-order valence-corrected chi connectivity index (χ0v) is 10.1. The van der Waals surface area contributed by atoms with E-state index < -0.39 is 0 Å². The van der Waals surface area contributed by atoms with E-state index in [4.69, 9.17) is 10.5 Å². The predicted molar refractivity (Wildman–Crippen MR) is 69.6 cm³/mol. The zero-order chi connectivity index (χ0) is 13.4. The molecule has 0 bridgehead atoms. The number of anilines is 1. The van der Waals surface area contributed by atoms with Gasteiger partial charge in [-0.3, -0.25) is 4.79 Å². The maximum Gasteiger partial charge on any atom is 0.170 e. The summed E-state index contributed by atoms with van der Waals surface area (Å²) in [7, 11) is 0. The number of ketones is 1. The van der Waals surface area contributed by atoms with Crippen molar-refractivity contribution < 1.29 is 13.9 Å². The summed E-state index contributed by atoms with van der Waals surface area (Å²) < 4.78 is 18.7. The summed E-state index contributed by atoms with van der Waals surface area (Å²) in [6.07, 6.45) is -0.134. The van der Waals surface area contributed by atoms with E-state index in [1.54, 1.807) is 30.3 Å². The second-order valence-electron chi connectivity index (χ2n) is 4.54. The summed E-state index contributed by atoms with van der Waals surface area (Å²) >= 11 is 0. The molecule has 1 atom stereocenters. The Morgan fingerprint density at radius 1 is 1.16 bits per heavy atom. The van der Waals surface area contributed by atoms with Crippen molar-refractivity contribution in [3.63, 3.8) is 0 Å². The lowest BCUT2D eigenvalue weighted by Gasteiger charge is -2.25. The van der Waals surface area contributed by atoms with E-state index >= 15 is 0 Å². The fourth-order valence-electron chi connectivity index (χ4n) is 2.20. The topological polar surface area (TPSA) is 52.3 Å². The Labute approximate surface area is 109 Å². The fourth-order valence-corrected chi connectivity index (χ4v) is 2.20. The van der Waals surface area contributed by atoms with E-state index in [1.807, 2.05) is 0 Å². The number of hydrogen-bond donors (Lipinski definition) is 1. The van der Waals surface area contributed by atoms with Crippen LogP contribution in [0.15, 0.2) is 42.5 Å². The number of carbonyl (C=O) groups is 1. The van der Waals surface area contributed by atoms with Gasteiger partial charge in [-0.25, -0.2) is 4.39 Å². The first-order valence-corrected chi connectivity index (χ1v) is 5.98. The van der Waals surface area contributed by atoms with Gasteiger partial charge in [0.1, 0.15) is 17.7 Å². The number of nitrogen functional groups attached to an aromatic ring is 1. The van der Waals surface area contributed by atoms with E-state index in [2.05, 4.69) is 0 Å². The van der Waals surface area contributed by atoms with Crippen molar-refractivity contribution in [1.29, 1.82) is 0 Å². The standard InChI is InChI=1S/C15H12FNO2/c16-10-3-1-9(2-4-10)14-8-13(18)12-6-5-11(17)7-15(12)19-14/h1-7,14H,8,17H2. The van der Waals surface area contributed by atoms with Gasteiger partial charge < -0.3 is 10.5 Å². The van der Waals surface area contributed by atoms with Crippen LogP contribution >= 0.6 is 0 Å². The molecule has 1 heterocycles. The SMILES string of the molecule is Nc1ccc2c(c1)OC(c1ccc(F)cc1)CC2=O. The van der Waals surface area contributed by atoms with Crippen LogP contribution in [0.5, 0.6) is 5.75 Å². The normalized spacial score (nSPS) is 17.7. The Kier molecular flexibility index (Phi) is 2.71. The molecule has 3 nitrogen and oxygen atoms in total. The molecule has 0 aromatic heterocycles. The van der Waals surface area contributed by atoms with Crippen LogP contribution in [0, 0.1) is 5.82 Å². The van der Waals surface area contributed by atoms with E-state index in [-0.39, 0.29) is 24.1 Å². The van der Waals surface area contributed by atoms with Crippen LogP contribution in [0.3, 0.4) is 0 Å². The summed E-state index contributed by atoms with van der Waals surface area (Å²) in [4.78, 5) is 12.1. The van der Waals surface area contributed by atoms with Gasteiger partial charge in [0, 0.05) is 11.8 Å². The molecule has 2 aromatic carbocycles. The van der Waals surface area contributed by atoms with Gasteiger partial charge in [0.25, 0.3) is 0 Å². The number of nitrogens with two attached hydrogens (primary N) is 1. The minimum absolute atomic E-state index is 0.00979. The number of benzene rings is 2. The molecule has 4 heteroatoms. The second-order valence-corrected chi connectivity index (χ2v) is 4.54. The van der Waals surface area contributed by atoms with Crippen LogP contribution < -0.4 is 10.5 Å². The number of fused-ring (bicyclic) bond motifs is 1. The first-order chi connectivity index (χ1) is 9.13. The van der Waals surface area contributed by atoms with Crippen molar-refractivity contribution >= 4 is 11.5 Å². The largest absolute Gasteiger partial charge is 0.484 e. The molecule has 1 aliphatic heterocycles. The van der Waals surface area contributed by atoms with Crippen LogP contribution in [-0.4, -0.2) is 5.78 Å². The fraction of sp³-hybridized carbons (Fsp3) is 0.133. The highest BCUT2D eigenvalue weighted by Crippen LogP contribution is 2.35. The molecular formula is C15H12FNO2. The zero-order valence-electron chi connectivity index (χ0n) is 10.1. The summed E-state index contributed by atoms with van der Waals surface area (Å²) in [5.41, 5.74) is 7.57. The summed E-state index contributed by atoms with van der Waals surface area (Å²) in [5.74, 6) is 0.191. The smallest absolute Gasteiger partial charge is 0.170 e. The highest BCUT2D eigenvalue weighted by atomic mass is 19.1. The Morgan fingerprint density at radius 2 is 1.89 bits per heavy atom. The van der Waals surface area contributed by atoms with Crippen LogP contribution in [-0.2, 0) is 0 Å². The average molecular weight is 257 g/mol. The Hall–Kier alpha value is -2.36. The monoisotopic (exact) mass is 257 g/mol. The molecule has 19 heavy (non-hydrogen) atoms. The van der Waals surface area contributed by atoms with E-state index in [1.165, 1.54) is 12.1 Å². The van der Waals surface area contributed by atoms with Gasteiger partial charge in [0.15, 0.2) is 5.78 Å². The molecule has 0 amide bonds. The van der Waals surface area contributed by atoms with E-state index in [0.29, 0.717) is 17.0 Å². The van der Waals surface area contributed by atoms with Gasteiger partial charge in [0.05, 0.1) is 12.0 Å². The third-order valence-corrected chi connectivity index (χ3v) is 3.19. The lowest BCUT2D eigenvalue weighted by Crippen LogP contribution is -2.20. The molecule has 1 unspecified atom stereocenters. The molecule has 3 rings (SSSR count). The van der Waals surface area contributed by atoms with Crippen LogP contribution in [0.4, 0.5) is 10.1 Å². The Morgan fingerprint density at radius 3 is 2.63 bits per heavy atom. The van der Waals surface area contributed by atoms with Gasteiger partial charge in [-0.15, -0.1) is 0 Å². The van der Waals surface area contributed by atoms with Crippen molar-refractivity contribution in [2.24, 2.45) is 0 Å². The molecule has 96 valence electrons. The number of Topliss-reactive ketones (excluding diaryl/α,β-unsaturated/α-hetero) is 1. The second kappa shape index (κ2) is 4.39. The van der Waals surface area contributed by atoms with Crippen molar-refractivity contribution in [3.8, 4) is 5.75 Å². The van der Waals surface area contributed by atoms with Crippen molar-refractivity contribution in [2.75, 3.05) is 5.73 Å². The number of rotatable bonds is 1. The van der Waals surface area contributed by atoms with Crippen LogP contribution in [0.25, 0.3) is 0 Å². The Balaban J connectivity index is 1.96. The van der Waals surface area contributed by atoms with Gasteiger partial charge in [-0.2, -0.15) is 0 Å². The van der Waals surface area contributed by atoms with Gasteiger partial charge in [0.2, 0.25) is 0 Å². The highest BCUT2D eigenvalue weighted by Gasteiger charge is 2.27. The molecule has 0 saturated heterocycles. The van der Waals surface area contributed by atoms with Gasteiger partial charge >= 0.3 is 0 Å². The predicted octanol–water partition coefficient (Wildman–Crippen LogP) is 3.11. The summed E-state index contributed by atoms with van der Waals surface area (Å²) in [6.45, 7) is 0. The Bertz CT molecular complexity index is 637. The lowest BCUT2D eigenvalue weighted by atomic mass is 9.96. The van der Waals surface area contributed by atoms with Gasteiger partial charge in [-0.05, 0) is 29.8 Å². The maximum atomic E-state index is 12.9. The minimum Gasteiger partial charge on any atom is -0.484 e. The molecular weight excluding hydrogens is 245 g/mol. The number of carbonyl (C=O) groups excluding carboxylic acids is 1. The highest BCUT2D eigenvalue weighted by molar-refractivity contribution is 6.00. The van der Waals surface area contributed by atoms with Crippen molar-refractivity contribution in [2.45, 2.75) is 12.5 Å². The summed E-state index contributed by atoms with van der Waals surface area (Å²) in [6, 6.07) is 11.0. The molecule has 0 saturated carbocycles. The van der Waals surface area contributed by atoms with Crippen LogP contribution in [0.1, 0.15) is 28.4 Å². The molecule has 0 aliphatic carbocycles. The van der Waals surface area contributed by atoms with E-state index in [9.17, 15) is 9.18 Å². The van der Waals surface area contributed by atoms with Crippen LogP contribution in [0.2, 0.25) is 0 Å². The quantitative estimate of drug-likeness (QED) is 0.798. The summed E-state index contributed by atoms with van der Waals surface area (Å²) in [5, 5.41) is 0. The third kappa shape index (κ3) is 2.17. The first kappa shape index (κ1) is 11.7. The molecule has 2 aromatic rings. The molecule has 0 fully saturated rings. The number of hydrogen-bond acceptors (Lipinski definition) is 3. The van der Waals surface area contributed by atoms with Gasteiger partial charge in [-0.1, -0.05) is 12.1 Å². The number of halogens is 1. The van der Waals surface area contributed by atoms with Crippen molar-refractivity contribution in [3.05, 3.63) is 59.4 Å². The first-order valence-electron chi connectivity index (χ1n) is 5.98. The molecule has 1 aliphatic rings. The van der Waals surface area contributed by atoms with Crippen molar-refractivity contribution in [1.82, 2.24) is 0 Å². The van der Waals surface area contributed by atoms with E-state index in [0.717, 1.165) is 5.56 Å². The molecule has 2 N–H and O–H groups in total. The molecule has 0 radical (unpaired) electrons.